The van der Waals surface area contributed by atoms with Crippen molar-refractivity contribution in [2.24, 2.45) is 0 Å². The molecule has 0 radical (unpaired) electrons. The predicted molar refractivity (Wildman–Crippen MR) is 79.4 cm³/mol. The summed E-state index contributed by atoms with van der Waals surface area (Å²) in [6, 6.07) is 4.59. The molecule has 0 saturated carbocycles. The smallest absolute Gasteiger partial charge is 0.220 e. The van der Waals surface area contributed by atoms with E-state index < -0.39 is 0 Å². The number of hydrogen-bond acceptors (Lipinski definition) is 5. The highest BCUT2D eigenvalue weighted by molar-refractivity contribution is 5.35. The molecule has 22 heavy (non-hydrogen) atoms. The van der Waals surface area contributed by atoms with E-state index in [1.807, 2.05) is 0 Å². The van der Waals surface area contributed by atoms with Gasteiger partial charge in [-0.1, -0.05) is 0 Å². The molecule has 116 valence electrons. The molecule has 0 fully saturated rings. The molecule has 0 unspecified atom stereocenters. The molecule has 1 aliphatic heterocycles. The zero-order chi connectivity index (χ0) is 15.5. The molecule has 2 aromatic rings. The number of aromatic nitrogens is 2. The van der Waals surface area contributed by atoms with E-state index in [1.165, 1.54) is 18.5 Å². The molecule has 0 bridgehead atoms. The first-order valence-corrected chi connectivity index (χ1v) is 7.12. The molecule has 0 spiro atoms. The van der Waals surface area contributed by atoms with E-state index in [1.54, 1.807) is 20.3 Å². The fourth-order valence-corrected chi connectivity index (χ4v) is 2.79. The number of ether oxygens (including phenoxy) is 2. The average Bonchev–Trinajstić information content (AvgIpc) is 2.54. The van der Waals surface area contributed by atoms with Crippen LogP contribution in [0.1, 0.15) is 16.8 Å². The second-order valence-corrected chi connectivity index (χ2v) is 5.23. The Balaban J connectivity index is 1.82. The van der Waals surface area contributed by atoms with E-state index in [2.05, 4.69) is 14.9 Å². The minimum atomic E-state index is -0.255. The van der Waals surface area contributed by atoms with Crippen molar-refractivity contribution in [3.8, 4) is 11.6 Å². The Hall–Kier alpha value is -2.21. The van der Waals surface area contributed by atoms with Gasteiger partial charge >= 0.3 is 0 Å². The Labute approximate surface area is 128 Å². The molecule has 0 atom stereocenters. The highest BCUT2D eigenvalue weighted by Gasteiger charge is 2.22. The number of fused-ring (bicyclic) bond motifs is 1. The number of benzene rings is 1. The lowest BCUT2D eigenvalue weighted by molar-refractivity contribution is 0.232. The van der Waals surface area contributed by atoms with Crippen LogP contribution >= 0.6 is 0 Å². The second-order valence-electron chi connectivity index (χ2n) is 5.23. The monoisotopic (exact) mass is 303 g/mol. The fourth-order valence-electron chi connectivity index (χ4n) is 2.79. The van der Waals surface area contributed by atoms with Gasteiger partial charge < -0.3 is 9.47 Å². The van der Waals surface area contributed by atoms with Gasteiger partial charge in [-0.05, 0) is 18.2 Å². The van der Waals surface area contributed by atoms with Gasteiger partial charge in [0.05, 0.1) is 19.9 Å². The van der Waals surface area contributed by atoms with Crippen LogP contribution in [0, 0.1) is 5.82 Å². The van der Waals surface area contributed by atoms with Gasteiger partial charge in [0, 0.05) is 37.2 Å². The molecule has 0 aliphatic carbocycles. The summed E-state index contributed by atoms with van der Waals surface area (Å²) in [4.78, 5) is 10.7. The third-order valence-corrected chi connectivity index (χ3v) is 3.87. The summed E-state index contributed by atoms with van der Waals surface area (Å²) in [6.45, 7) is 2.14. The molecular weight excluding hydrogens is 285 g/mol. The van der Waals surface area contributed by atoms with Crippen LogP contribution in [0.5, 0.6) is 11.6 Å². The molecule has 3 rings (SSSR count). The van der Waals surface area contributed by atoms with Crippen molar-refractivity contribution in [1.82, 2.24) is 14.9 Å². The van der Waals surface area contributed by atoms with E-state index >= 15 is 0 Å². The Morgan fingerprint density at radius 3 is 2.86 bits per heavy atom. The number of methoxy groups -OCH3 is 2. The minimum absolute atomic E-state index is 0.255. The predicted octanol–water partition coefficient (Wildman–Crippen LogP) is 2.19. The van der Waals surface area contributed by atoms with E-state index in [4.69, 9.17) is 9.47 Å². The third-order valence-electron chi connectivity index (χ3n) is 3.87. The summed E-state index contributed by atoms with van der Waals surface area (Å²) in [5.74, 6) is 1.05. The van der Waals surface area contributed by atoms with Crippen molar-refractivity contribution in [1.29, 1.82) is 0 Å². The van der Waals surface area contributed by atoms with Crippen LogP contribution in [0.4, 0.5) is 4.39 Å². The maximum Gasteiger partial charge on any atom is 0.220 e. The van der Waals surface area contributed by atoms with Crippen LogP contribution in [-0.4, -0.2) is 35.6 Å². The van der Waals surface area contributed by atoms with Gasteiger partial charge in [-0.15, -0.1) is 0 Å². The highest BCUT2D eigenvalue weighted by Crippen LogP contribution is 2.27. The van der Waals surface area contributed by atoms with Crippen molar-refractivity contribution in [3.05, 3.63) is 47.2 Å². The first kappa shape index (κ1) is 14.7. The summed E-state index contributed by atoms with van der Waals surface area (Å²) < 4.78 is 24.1. The van der Waals surface area contributed by atoms with Crippen molar-refractivity contribution in [3.63, 3.8) is 0 Å². The van der Waals surface area contributed by atoms with Crippen LogP contribution in [0.25, 0.3) is 0 Å². The molecule has 1 aromatic heterocycles. The van der Waals surface area contributed by atoms with Crippen LogP contribution in [0.3, 0.4) is 0 Å². The largest absolute Gasteiger partial charge is 0.496 e. The van der Waals surface area contributed by atoms with Crippen molar-refractivity contribution < 1.29 is 13.9 Å². The summed E-state index contributed by atoms with van der Waals surface area (Å²) in [6.07, 6.45) is 2.36. The standard InChI is InChI=1S/C16H18FN3O2/c1-21-15-4-3-12(17)7-11(15)8-20-6-5-14-13(9-20)16(22-2)19-10-18-14/h3-4,7,10H,5-6,8-9H2,1-2H3. The minimum Gasteiger partial charge on any atom is -0.496 e. The molecular formula is C16H18FN3O2. The molecule has 0 amide bonds. The zero-order valence-corrected chi connectivity index (χ0v) is 12.7. The maximum atomic E-state index is 13.5. The number of hydrogen-bond donors (Lipinski definition) is 0. The van der Waals surface area contributed by atoms with Gasteiger partial charge in [-0.2, -0.15) is 0 Å². The van der Waals surface area contributed by atoms with Crippen molar-refractivity contribution >= 4 is 0 Å². The number of halogens is 1. The summed E-state index contributed by atoms with van der Waals surface area (Å²) in [5, 5.41) is 0. The third kappa shape index (κ3) is 2.87. The first-order valence-electron chi connectivity index (χ1n) is 7.12. The highest BCUT2D eigenvalue weighted by atomic mass is 19.1. The maximum absolute atomic E-state index is 13.5. The normalized spacial score (nSPS) is 14.5. The SMILES string of the molecule is COc1ccc(F)cc1CN1CCc2ncnc(OC)c2C1. The summed E-state index contributed by atoms with van der Waals surface area (Å²) >= 11 is 0. The van der Waals surface area contributed by atoms with Crippen molar-refractivity contribution in [2.45, 2.75) is 19.5 Å². The van der Waals surface area contributed by atoms with E-state index in [9.17, 15) is 4.39 Å². The van der Waals surface area contributed by atoms with Gasteiger partial charge in [0.1, 0.15) is 17.9 Å². The number of rotatable bonds is 4. The van der Waals surface area contributed by atoms with Crippen LogP contribution in [0.2, 0.25) is 0 Å². The fraction of sp³-hybridized carbons (Fsp3) is 0.375. The van der Waals surface area contributed by atoms with Crippen LogP contribution in [-0.2, 0) is 19.5 Å². The van der Waals surface area contributed by atoms with Gasteiger partial charge in [-0.3, -0.25) is 4.90 Å². The van der Waals surface area contributed by atoms with Gasteiger partial charge in [-0.25, -0.2) is 14.4 Å². The Morgan fingerprint density at radius 2 is 2.09 bits per heavy atom. The second kappa shape index (κ2) is 6.27. The lowest BCUT2D eigenvalue weighted by Crippen LogP contribution is -2.31. The molecule has 0 N–H and O–H groups in total. The lowest BCUT2D eigenvalue weighted by atomic mass is 10.1. The van der Waals surface area contributed by atoms with E-state index in [0.717, 1.165) is 29.8 Å². The van der Waals surface area contributed by atoms with Crippen LogP contribution < -0.4 is 9.47 Å². The Kier molecular flexibility index (Phi) is 4.20. The molecule has 1 aromatic carbocycles. The number of nitrogens with zero attached hydrogens (tertiary/aromatic N) is 3. The van der Waals surface area contributed by atoms with E-state index in [-0.39, 0.29) is 5.82 Å². The van der Waals surface area contributed by atoms with Crippen molar-refractivity contribution in [2.75, 3.05) is 20.8 Å². The topological polar surface area (TPSA) is 47.5 Å². The molecule has 0 saturated heterocycles. The summed E-state index contributed by atoms with van der Waals surface area (Å²) in [5.41, 5.74) is 2.86. The van der Waals surface area contributed by atoms with Gasteiger partial charge in [0.15, 0.2) is 0 Å². The zero-order valence-electron chi connectivity index (χ0n) is 12.7. The summed E-state index contributed by atoms with van der Waals surface area (Å²) in [7, 11) is 3.20. The molecule has 1 aliphatic rings. The average molecular weight is 303 g/mol. The van der Waals surface area contributed by atoms with E-state index in [0.29, 0.717) is 24.7 Å². The van der Waals surface area contributed by atoms with Crippen LogP contribution in [0.15, 0.2) is 24.5 Å². The van der Waals surface area contributed by atoms with Gasteiger partial charge in [0.25, 0.3) is 0 Å². The first-order chi connectivity index (χ1) is 10.7. The Bertz CT molecular complexity index is 664. The lowest BCUT2D eigenvalue weighted by Gasteiger charge is -2.29. The van der Waals surface area contributed by atoms with Gasteiger partial charge in [0.2, 0.25) is 5.88 Å². The molecule has 5 nitrogen and oxygen atoms in total. The molecule has 2 heterocycles. The quantitative estimate of drug-likeness (QED) is 0.866. The Morgan fingerprint density at radius 1 is 1.23 bits per heavy atom. The molecule has 6 heteroatoms.